The summed E-state index contributed by atoms with van der Waals surface area (Å²) in [6, 6.07) is 10.8. The minimum Gasteiger partial charge on any atom is -0.335 e. The summed E-state index contributed by atoms with van der Waals surface area (Å²) in [5.41, 5.74) is 1.43. The molecule has 0 N–H and O–H groups in total. The van der Waals surface area contributed by atoms with Gasteiger partial charge in [0, 0.05) is 29.9 Å². The van der Waals surface area contributed by atoms with Crippen LogP contribution in [0.3, 0.4) is 0 Å². The molecule has 1 fully saturated rings. The van der Waals surface area contributed by atoms with Crippen LogP contribution in [-0.2, 0) is 13.0 Å². The van der Waals surface area contributed by atoms with Gasteiger partial charge in [0.25, 0.3) is 0 Å². The van der Waals surface area contributed by atoms with Crippen LogP contribution in [0, 0.1) is 0 Å². The molecule has 0 bridgehead atoms. The summed E-state index contributed by atoms with van der Waals surface area (Å²) < 4.78 is 2.46. The van der Waals surface area contributed by atoms with Crippen molar-refractivity contribution in [2.45, 2.75) is 29.2 Å². The van der Waals surface area contributed by atoms with Gasteiger partial charge in [0.1, 0.15) is 0 Å². The van der Waals surface area contributed by atoms with Crippen molar-refractivity contribution in [1.29, 1.82) is 0 Å². The largest absolute Gasteiger partial charge is 0.335 e. The number of hydrogen-bond acceptors (Lipinski definition) is 3. The molecule has 2 aromatic rings. The molecule has 0 amide bonds. The van der Waals surface area contributed by atoms with Gasteiger partial charge in [-0.15, -0.1) is 23.5 Å². The van der Waals surface area contributed by atoms with Gasteiger partial charge in [-0.3, -0.25) is 0 Å². The SMILES string of the molecule is CC1CSC(Cc2ccccc2)(Cn2ccnc2)S1. The third kappa shape index (κ3) is 3.18. The Morgan fingerprint density at radius 1 is 1.37 bits per heavy atom. The van der Waals surface area contributed by atoms with Crippen molar-refractivity contribution in [2.75, 3.05) is 5.75 Å². The number of aromatic nitrogens is 2. The van der Waals surface area contributed by atoms with Gasteiger partial charge in [-0.2, -0.15) is 0 Å². The van der Waals surface area contributed by atoms with E-state index in [0.717, 1.165) is 18.2 Å². The van der Waals surface area contributed by atoms with Crippen LogP contribution >= 0.6 is 23.5 Å². The molecule has 0 spiro atoms. The highest BCUT2D eigenvalue weighted by Crippen LogP contribution is 2.50. The highest BCUT2D eigenvalue weighted by Gasteiger charge is 2.39. The Labute approximate surface area is 123 Å². The summed E-state index contributed by atoms with van der Waals surface area (Å²) in [5, 5.41) is 0.734. The Kier molecular flexibility index (Phi) is 3.89. The minimum absolute atomic E-state index is 0.251. The number of imidazole rings is 1. The molecule has 2 atom stereocenters. The fraction of sp³-hybridized carbons (Fsp3) is 0.400. The summed E-state index contributed by atoms with van der Waals surface area (Å²) in [5.74, 6) is 1.24. The molecule has 2 heterocycles. The molecule has 1 aromatic heterocycles. The van der Waals surface area contributed by atoms with Gasteiger partial charge in [0.2, 0.25) is 0 Å². The van der Waals surface area contributed by atoms with Gasteiger partial charge in [-0.1, -0.05) is 37.3 Å². The lowest BCUT2D eigenvalue weighted by Crippen LogP contribution is -2.27. The van der Waals surface area contributed by atoms with E-state index in [4.69, 9.17) is 0 Å². The second kappa shape index (κ2) is 5.63. The Hall–Kier alpha value is -0.870. The van der Waals surface area contributed by atoms with Crippen LogP contribution in [0.1, 0.15) is 12.5 Å². The molecule has 1 aliphatic heterocycles. The maximum Gasteiger partial charge on any atom is 0.0946 e. The number of thioether (sulfide) groups is 2. The average molecular weight is 290 g/mol. The van der Waals surface area contributed by atoms with Crippen LogP contribution in [0.2, 0.25) is 0 Å². The predicted molar refractivity (Wildman–Crippen MR) is 84.6 cm³/mol. The van der Waals surface area contributed by atoms with Crippen LogP contribution in [-0.4, -0.2) is 24.6 Å². The summed E-state index contributed by atoms with van der Waals surface area (Å²) in [7, 11) is 0. The molecule has 1 aliphatic rings. The van der Waals surface area contributed by atoms with Gasteiger partial charge >= 0.3 is 0 Å². The molecule has 2 unspecified atom stereocenters. The van der Waals surface area contributed by atoms with Gasteiger partial charge in [0.15, 0.2) is 0 Å². The summed E-state index contributed by atoms with van der Waals surface area (Å²) in [6.45, 7) is 3.36. The molecular formula is C15H18N2S2. The van der Waals surface area contributed by atoms with Crippen LogP contribution in [0.4, 0.5) is 0 Å². The second-order valence-electron chi connectivity index (χ2n) is 5.05. The number of benzene rings is 1. The number of hydrogen-bond donors (Lipinski definition) is 0. The smallest absolute Gasteiger partial charge is 0.0946 e. The highest BCUT2D eigenvalue weighted by molar-refractivity contribution is 8.21. The molecule has 1 saturated heterocycles. The van der Waals surface area contributed by atoms with Crippen molar-refractivity contribution >= 4 is 23.5 Å². The van der Waals surface area contributed by atoms with Crippen LogP contribution in [0.15, 0.2) is 49.1 Å². The first-order valence-corrected chi connectivity index (χ1v) is 8.44. The lowest BCUT2D eigenvalue weighted by atomic mass is 10.1. The fourth-order valence-electron chi connectivity index (χ4n) is 2.50. The van der Waals surface area contributed by atoms with E-state index in [1.807, 2.05) is 12.5 Å². The summed E-state index contributed by atoms with van der Waals surface area (Å²) in [4.78, 5) is 4.17. The third-order valence-corrected chi connectivity index (χ3v) is 6.89. The first-order chi connectivity index (χ1) is 9.26. The molecule has 1 aromatic carbocycles. The van der Waals surface area contributed by atoms with E-state index >= 15 is 0 Å². The summed E-state index contributed by atoms with van der Waals surface area (Å²) in [6.07, 6.45) is 6.98. The quantitative estimate of drug-likeness (QED) is 0.855. The standard InChI is InChI=1S/C15H18N2S2/c1-13-10-18-15(19-13,11-17-8-7-16-12-17)9-14-5-3-2-4-6-14/h2-8,12-13H,9-11H2,1H3. The maximum atomic E-state index is 4.17. The van der Waals surface area contributed by atoms with Crippen molar-refractivity contribution < 1.29 is 0 Å². The zero-order valence-corrected chi connectivity index (χ0v) is 12.7. The Bertz CT molecular complexity index is 512. The Balaban J connectivity index is 1.81. The number of rotatable bonds is 4. The zero-order valence-electron chi connectivity index (χ0n) is 11.0. The van der Waals surface area contributed by atoms with E-state index in [1.54, 1.807) is 0 Å². The van der Waals surface area contributed by atoms with Crippen LogP contribution in [0.25, 0.3) is 0 Å². The zero-order chi connectivity index (χ0) is 13.1. The van der Waals surface area contributed by atoms with Crippen molar-refractivity contribution in [3.05, 3.63) is 54.6 Å². The van der Waals surface area contributed by atoms with E-state index in [0.29, 0.717) is 0 Å². The first kappa shape index (κ1) is 13.1. The van der Waals surface area contributed by atoms with Crippen LogP contribution < -0.4 is 0 Å². The molecule has 0 radical (unpaired) electrons. The third-order valence-electron chi connectivity index (χ3n) is 3.30. The lowest BCUT2D eigenvalue weighted by Gasteiger charge is -2.28. The molecule has 3 rings (SSSR count). The molecule has 0 saturated carbocycles. The molecule has 0 aliphatic carbocycles. The van der Waals surface area contributed by atoms with E-state index in [1.165, 1.54) is 11.3 Å². The van der Waals surface area contributed by atoms with Crippen LogP contribution in [0.5, 0.6) is 0 Å². The Morgan fingerprint density at radius 2 is 2.21 bits per heavy atom. The van der Waals surface area contributed by atoms with E-state index < -0.39 is 0 Å². The molecule has 4 heteroatoms. The van der Waals surface area contributed by atoms with Gasteiger partial charge < -0.3 is 4.57 Å². The monoisotopic (exact) mass is 290 g/mol. The molecule has 100 valence electrons. The fourth-order valence-corrected chi connectivity index (χ4v) is 6.20. The van der Waals surface area contributed by atoms with Crippen molar-refractivity contribution in [2.24, 2.45) is 0 Å². The van der Waals surface area contributed by atoms with E-state index in [-0.39, 0.29) is 4.08 Å². The average Bonchev–Trinajstić information content (AvgIpc) is 3.02. The first-order valence-electron chi connectivity index (χ1n) is 6.57. The van der Waals surface area contributed by atoms with E-state index in [2.05, 4.69) is 76.5 Å². The topological polar surface area (TPSA) is 17.8 Å². The Morgan fingerprint density at radius 3 is 2.84 bits per heavy atom. The normalized spacial score (nSPS) is 26.7. The van der Waals surface area contributed by atoms with Crippen molar-refractivity contribution in [3.63, 3.8) is 0 Å². The highest BCUT2D eigenvalue weighted by atomic mass is 32.2. The lowest BCUT2D eigenvalue weighted by molar-refractivity contribution is 0.625. The minimum atomic E-state index is 0.251. The summed E-state index contributed by atoms with van der Waals surface area (Å²) >= 11 is 4.23. The maximum absolute atomic E-state index is 4.17. The van der Waals surface area contributed by atoms with Gasteiger partial charge in [-0.25, -0.2) is 4.98 Å². The van der Waals surface area contributed by atoms with E-state index in [9.17, 15) is 0 Å². The number of nitrogens with zero attached hydrogens (tertiary/aromatic N) is 2. The van der Waals surface area contributed by atoms with Gasteiger partial charge in [0.05, 0.1) is 10.4 Å². The van der Waals surface area contributed by atoms with Gasteiger partial charge in [-0.05, 0) is 12.0 Å². The molecular weight excluding hydrogens is 272 g/mol. The second-order valence-corrected chi connectivity index (χ2v) is 8.53. The molecule has 19 heavy (non-hydrogen) atoms. The van der Waals surface area contributed by atoms with Crippen molar-refractivity contribution in [1.82, 2.24) is 9.55 Å². The molecule has 2 nitrogen and oxygen atoms in total. The predicted octanol–water partition coefficient (Wildman–Crippen LogP) is 3.69. The van der Waals surface area contributed by atoms with Crippen molar-refractivity contribution in [3.8, 4) is 0 Å².